The van der Waals surface area contributed by atoms with E-state index in [4.69, 9.17) is 0 Å². The molecule has 0 amide bonds. The van der Waals surface area contributed by atoms with Crippen LogP contribution in [0.5, 0.6) is 5.75 Å². The van der Waals surface area contributed by atoms with Crippen molar-refractivity contribution in [2.24, 2.45) is 9.98 Å². The largest absolute Gasteiger partial charge is 0.508 e. The molecule has 2 aliphatic rings. The summed E-state index contributed by atoms with van der Waals surface area (Å²) in [5, 5.41) is 9.71. The Bertz CT molecular complexity index is 589. The van der Waals surface area contributed by atoms with Crippen LogP contribution in [0.2, 0.25) is 0 Å². The fraction of sp³-hybridized carbons (Fsp3) is 0.143. The number of aromatic hydroxyl groups is 1. The molecule has 0 unspecified atom stereocenters. The highest BCUT2D eigenvalue weighted by Gasteiger charge is 2.15. The van der Waals surface area contributed by atoms with Crippen molar-refractivity contribution >= 4 is 23.8 Å². The molecule has 0 bridgehead atoms. The molecule has 96 valence electrons. The van der Waals surface area contributed by atoms with E-state index in [1.54, 1.807) is 24.6 Å². The van der Waals surface area contributed by atoms with Crippen molar-refractivity contribution in [3.63, 3.8) is 0 Å². The van der Waals surface area contributed by atoms with Gasteiger partial charge in [0.25, 0.3) is 0 Å². The first-order valence-corrected chi connectivity index (χ1v) is 6.04. The van der Waals surface area contributed by atoms with Gasteiger partial charge in [-0.15, -0.1) is 0 Å². The molecule has 0 aromatic heterocycles. The molecule has 0 fully saturated rings. The zero-order chi connectivity index (χ0) is 13.1. The first-order chi connectivity index (χ1) is 9.34. The van der Waals surface area contributed by atoms with E-state index in [0.717, 1.165) is 11.4 Å². The number of benzene rings is 1. The normalized spacial score (nSPS) is 17.3. The van der Waals surface area contributed by atoms with Gasteiger partial charge in [-0.05, 0) is 24.3 Å². The molecule has 3 rings (SSSR count). The third kappa shape index (κ3) is 2.35. The standard InChI is InChI=1S/C14H14N4O/c19-12-3-4-13(17-7-1-5-15-10-17)14(9-12)18-8-2-6-16-11-18/h1-9,19H,10-11H2. The monoisotopic (exact) mass is 254 g/mol. The third-order valence-corrected chi connectivity index (χ3v) is 2.96. The Morgan fingerprint density at radius 2 is 1.53 bits per heavy atom. The number of phenolic OH excluding ortho intramolecular Hbond substituents is 1. The van der Waals surface area contributed by atoms with Crippen molar-refractivity contribution in [3.8, 4) is 5.75 Å². The number of anilines is 2. The SMILES string of the molecule is Oc1ccc(N2C=CC=NC2)c(N2C=CC=NC2)c1. The fourth-order valence-electron chi connectivity index (χ4n) is 2.07. The van der Waals surface area contributed by atoms with E-state index >= 15 is 0 Å². The molecule has 0 radical (unpaired) electrons. The maximum absolute atomic E-state index is 9.71. The summed E-state index contributed by atoms with van der Waals surface area (Å²) in [4.78, 5) is 12.5. The summed E-state index contributed by atoms with van der Waals surface area (Å²) < 4.78 is 0. The van der Waals surface area contributed by atoms with E-state index in [0.29, 0.717) is 13.3 Å². The van der Waals surface area contributed by atoms with Gasteiger partial charge in [0, 0.05) is 30.9 Å². The number of phenols is 1. The van der Waals surface area contributed by atoms with E-state index in [9.17, 15) is 5.11 Å². The molecule has 5 nitrogen and oxygen atoms in total. The van der Waals surface area contributed by atoms with Crippen LogP contribution in [0, 0.1) is 0 Å². The molecule has 1 aromatic carbocycles. The lowest BCUT2D eigenvalue weighted by Gasteiger charge is -2.28. The topological polar surface area (TPSA) is 51.4 Å². The number of nitrogens with zero attached hydrogens (tertiary/aromatic N) is 4. The Hall–Kier alpha value is -2.56. The second-order valence-electron chi connectivity index (χ2n) is 4.24. The van der Waals surface area contributed by atoms with E-state index in [1.807, 2.05) is 40.4 Å². The highest BCUT2D eigenvalue weighted by Crippen LogP contribution is 2.34. The van der Waals surface area contributed by atoms with Crippen molar-refractivity contribution in [2.75, 3.05) is 23.1 Å². The molecule has 19 heavy (non-hydrogen) atoms. The summed E-state index contributed by atoms with van der Waals surface area (Å²) in [7, 11) is 0. The Morgan fingerprint density at radius 1 is 0.895 bits per heavy atom. The summed E-state index contributed by atoms with van der Waals surface area (Å²) in [5.41, 5.74) is 1.91. The van der Waals surface area contributed by atoms with Gasteiger partial charge in [0.2, 0.25) is 0 Å². The highest BCUT2D eigenvalue weighted by atomic mass is 16.3. The van der Waals surface area contributed by atoms with Crippen LogP contribution in [-0.2, 0) is 0 Å². The van der Waals surface area contributed by atoms with Crippen LogP contribution in [-0.4, -0.2) is 30.9 Å². The molecule has 5 heteroatoms. The number of hydrogen-bond acceptors (Lipinski definition) is 5. The second-order valence-corrected chi connectivity index (χ2v) is 4.24. The Morgan fingerprint density at radius 3 is 2.11 bits per heavy atom. The van der Waals surface area contributed by atoms with Crippen molar-refractivity contribution in [1.82, 2.24) is 0 Å². The van der Waals surface area contributed by atoms with Gasteiger partial charge < -0.3 is 14.9 Å². The maximum atomic E-state index is 9.71. The average Bonchev–Trinajstić information content (AvgIpc) is 2.49. The first kappa shape index (κ1) is 11.5. The number of aliphatic imine (C=N–C) groups is 2. The summed E-state index contributed by atoms with van der Waals surface area (Å²) in [6.07, 6.45) is 11.2. The number of rotatable bonds is 2. The van der Waals surface area contributed by atoms with Crippen molar-refractivity contribution in [2.45, 2.75) is 0 Å². The summed E-state index contributed by atoms with van der Waals surface area (Å²) in [6.45, 7) is 1.13. The van der Waals surface area contributed by atoms with Crippen molar-refractivity contribution in [3.05, 3.63) is 42.8 Å². The van der Waals surface area contributed by atoms with Gasteiger partial charge in [-0.3, -0.25) is 9.98 Å². The molecule has 0 saturated carbocycles. The maximum Gasteiger partial charge on any atom is 0.117 e. The average molecular weight is 254 g/mol. The van der Waals surface area contributed by atoms with Crippen LogP contribution in [0.4, 0.5) is 11.4 Å². The van der Waals surface area contributed by atoms with Gasteiger partial charge in [-0.2, -0.15) is 0 Å². The molecule has 1 N–H and O–H groups in total. The minimum Gasteiger partial charge on any atom is -0.508 e. The summed E-state index contributed by atoms with van der Waals surface area (Å²) >= 11 is 0. The number of hydrogen-bond donors (Lipinski definition) is 1. The van der Waals surface area contributed by atoms with Crippen molar-refractivity contribution in [1.29, 1.82) is 0 Å². The van der Waals surface area contributed by atoms with Crippen LogP contribution in [0.3, 0.4) is 0 Å². The van der Waals surface area contributed by atoms with Gasteiger partial charge in [-0.1, -0.05) is 0 Å². The third-order valence-electron chi connectivity index (χ3n) is 2.96. The van der Waals surface area contributed by atoms with Crippen LogP contribution < -0.4 is 9.80 Å². The molecule has 0 aliphatic carbocycles. The van der Waals surface area contributed by atoms with E-state index in [2.05, 4.69) is 9.98 Å². The lowest BCUT2D eigenvalue weighted by molar-refractivity contribution is 0.475. The lowest BCUT2D eigenvalue weighted by atomic mass is 10.2. The summed E-state index contributed by atoms with van der Waals surface area (Å²) in [5.74, 6) is 0.242. The molecular formula is C14H14N4O. The van der Waals surface area contributed by atoms with Crippen LogP contribution >= 0.6 is 0 Å². The van der Waals surface area contributed by atoms with Crippen molar-refractivity contribution < 1.29 is 5.11 Å². The van der Waals surface area contributed by atoms with Crippen LogP contribution in [0.25, 0.3) is 0 Å². The molecular weight excluding hydrogens is 240 g/mol. The van der Waals surface area contributed by atoms with Gasteiger partial charge in [0.05, 0.1) is 11.4 Å². The van der Waals surface area contributed by atoms with Gasteiger partial charge in [0.1, 0.15) is 19.1 Å². The van der Waals surface area contributed by atoms with Crippen LogP contribution in [0.15, 0.2) is 52.7 Å². The molecule has 2 heterocycles. The van der Waals surface area contributed by atoms with E-state index < -0.39 is 0 Å². The predicted molar refractivity (Wildman–Crippen MR) is 78.1 cm³/mol. The van der Waals surface area contributed by atoms with Gasteiger partial charge in [0.15, 0.2) is 0 Å². The minimum atomic E-state index is 0.242. The molecule has 0 spiro atoms. The second kappa shape index (κ2) is 4.97. The molecule has 1 aromatic rings. The van der Waals surface area contributed by atoms with Gasteiger partial charge >= 0.3 is 0 Å². The molecule has 0 atom stereocenters. The molecule has 2 aliphatic heterocycles. The Balaban J connectivity index is 1.99. The zero-order valence-electron chi connectivity index (χ0n) is 10.3. The quantitative estimate of drug-likeness (QED) is 0.879. The zero-order valence-corrected chi connectivity index (χ0v) is 10.3. The predicted octanol–water partition coefficient (Wildman–Crippen LogP) is 2.12. The highest BCUT2D eigenvalue weighted by molar-refractivity contribution is 5.81. The molecule has 0 saturated heterocycles. The Kier molecular flexibility index (Phi) is 3.02. The van der Waals surface area contributed by atoms with Crippen LogP contribution in [0.1, 0.15) is 0 Å². The van der Waals surface area contributed by atoms with E-state index in [1.165, 1.54) is 0 Å². The minimum absolute atomic E-state index is 0.242. The summed E-state index contributed by atoms with van der Waals surface area (Å²) in [6, 6.07) is 5.32. The fourth-order valence-corrected chi connectivity index (χ4v) is 2.07. The smallest absolute Gasteiger partial charge is 0.117 e. The Labute approximate surface area is 111 Å². The first-order valence-electron chi connectivity index (χ1n) is 6.04. The van der Waals surface area contributed by atoms with Gasteiger partial charge in [-0.25, -0.2) is 0 Å². The van der Waals surface area contributed by atoms with E-state index in [-0.39, 0.29) is 5.75 Å². The number of allylic oxidation sites excluding steroid dienone is 2. The lowest BCUT2D eigenvalue weighted by Crippen LogP contribution is -2.24.